The van der Waals surface area contributed by atoms with Crippen LogP contribution in [0.3, 0.4) is 0 Å². The van der Waals surface area contributed by atoms with Crippen molar-refractivity contribution in [3.63, 3.8) is 0 Å². The van der Waals surface area contributed by atoms with Crippen LogP contribution in [0.15, 0.2) is 10.6 Å². The molecule has 1 aliphatic carbocycles. The molecule has 1 fully saturated rings. The van der Waals surface area contributed by atoms with Gasteiger partial charge in [-0.25, -0.2) is 0 Å². The Morgan fingerprint density at radius 2 is 2.21 bits per heavy atom. The standard InChI is InChI=1S/C13H19N3O2S/c1-8-3-5-13(6-4-8,12(14)19)15-11(17)10-7-9(2)18-16-10/h7-8H,3-6H2,1-2H3,(H2,14,19)(H,15,17). The van der Waals surface area contributed by atoms with Crippen molar-refractivity contribution < 1.29 is 9.32 Å². The Balaban J connectivity index is 2.13. The number of aryl methyl sites for hydroxylation is 1. The summed E-state index contributed by atoms with van der Waals surface area (Å²) < 4.78 is 4.91. The number of nitrogens with zero attached hydrogens (tertiary/aromatic N) is 1. The predicted molar refractivity (Wildman–Crippen MR) is 75.9 cm³/mol. The number of amides is 1. The van der Waals surface area contributed by atoms with Gasteiger partial charge in [0.2, 0.25) is 0 Å². The van der Waals surface area contributed by atoms with Crippen LogP contribution in [0, 0.1) is 12.8 Å². The summed E-state index contributed by atoms with van der Waals surface area (Å²) in [6, 6.07) is 1.61. The number of hydrogen-bond acceptors (Lipinski definition) is 4. The maximum Gasteiger partial charge on any atom is 0.274 e. The molecule has 1 amide bonds. The SMILES string of the molecule is Cc1cc(C(=O)NC2(C(N)=S)CCC(C)CC2)no1. The Kier molecular flexibility index (Phi) is 3.89. The predicted octanol–water partition coefficient (Wildman–Crippen LogP) is 1.95. The van der Waals surface area contributed by atoms with Crippen LogP contribution in [0.25, 0.3) is 0 Å². The highest BCUT2D eigenvalue weighted by molar-refractivity contribution is 7.80. The van der Waals surface area contributed by atoms with Crippen LogP contribution in [0.2, 0.25) is 0 Å². The second kappa shape index (κ2) is 5.28. The molecule has 0 spiro atoms. The molecule has 1 heterocycles. The van der Waals surface area contributed by atoms with Gasteiger partial charge in [-0.1, -0.05) is 24.3 Å². The summed E-state index contributed by atoms with van der Waals surface area (Å²) in [7, 11) is 0. The molecule has 1 saturated carbocycles. The molecule has 2 rings (SSSR count). The third kappa shape index (κ3) is 2.94. The van der Waals surface area contributed by atoms with Gasteiger partial charge in [0.25, 0.3) is 5.91 Å². The molecule has 0 radical (unpaired) electrons. The number of nitrogens with one attached hydrogen (secondary N) is 1. The molecular weight excluding hydrogens is 262 g/mol. The van der Waals surface area contributed by atoms with Gasteiger partial charge in [-0.2, -0.15) is 0 Å². The van der Waals surface area contributed by atoms with Gasteiger partial charge >= 0.3 is 0 Å². The van der Waals surface area contributed by atoms with Gasteiger partial charge in [-0.15, -0.1) is 0 Å². The summed E-state index contributed by atoms with van der Waals surface area (Å²) in [5.74, 6) is 0.972. The minimum Gasteiger partial charge on any atom is -0.391 e. The van der Waals surface area contributed by atoms with Crippen molar-refractivity contribution in [2.75, 3.05) is 0 Å². The Labute approximate surface area is 117 Å². The molecule has 0 atom stereocenters. The van der Waals surface area contributed by atoms with E-state index < -0.39 is 5.54 Å². The lowest BCUT2D eigenvalue weighted by molar-refractivity contribution is 0.0891. The molecule has 3 N–H and O–H groups in total. The number of carbonyl (C=O) groups is 1. The third-order valence-corrected chi connectivity index (χ3v) is 4.20. The second-order valence-corrected chi connectivity index (χ2v) is 5.85. The smallest absolute Gasteiger partial charge is 0.274 e. The number of nitrogens with two attached hydrogens (primary N) is 1. The number of carbonyl (C=O) groups excluding carboxylic acids is 1. The van der Waals surface area contributed by atoms with Crippen LogP contribution >= 0.6 is 12.2 Å². The fourth-order valence-electron chi connectivity index (χ4n) is 2.44. The highest BCUT2D eigenvalue weighted by Crippen LogP contribution is 2.32. The lowest BCUT2D eigenvalue weighted by Gasteiger charge is -2.39. The third-order valence-electron chi connectivity index (χ3n) is 3.81. The number of hydrogen-bond donors (Lipinski definition) is 2. The summed E-state index contributed by atoms with van der Waals surface area (Å²) in [4.78, 5) is 12.5. The maximum absolute atomic E-state index is 12.2. The monoisotopic (exact) mass is 281 g/mol. The van der Waals surface area contributed by atoms with Crippen LogP contribution in [0.5, 0.6) is 0 Å². The van der Waals surface area contributed by atoms with E-state index in [2.05, 4.69) is 17.4 Å². The molecule has 1 aliphatic rings. The van der Waals surface area contributed by atoms with E-state index in [-0.39, 0.29) is 11.6 Å². The van der Waals surface area contributed by atoms with Gasteiger partial charge in [0.05, 0.1) is 10.5 Å². The number of aromatic nitrogens is 1. The van der Waals surface area contributed by atoms with E-state index in [1.165, 1.54) is 0 Å². The summed E-state index contributed by atoms with van der Waals surface area (Å²) in [5, 5.41) is 6.67. The Bertz CT molecular complexity index is 490. The van der Waals surface area contributed by atoms with Crippen LogP contribution in [-0.4, -0.2) is 21.6 Å². The van der Waals surface area contributed by atoms with Crippen LogP contribution < -0.4 is 11.1 Å². The highest BCUT2D eigenvalue weighted by atomic mass is 32.1. The van der Waals surface area contributed by atoms with Gasteiger partial charge in [0.15, 0.2) is 5.69 Å². The van der Waals surface area contributed by atoms with Crippen molar-refractivity contribution in [2.24, 2.45) is 11.7 Å². The van der Waals surface area contributed by atoms with Crippen LogP contribution in [0.1, 0.15) is 48.9 Å². The Morgan fingerprint density at radius 1 is 1.58 bits per heavy atom. The van der Waals surface area contributed by atoms with E-state index in [0.717, 1.165) is 25.7 Å². The van der Waals surface area contributed by atoms with Crippen molar-refractivity contribution in [2.45, 2.75) is 45.1 Å². The molecule has 104 valence electrons. The Morgan fingerprint density at radius 3 is 2.68 bits per heavy atom. The molecule has 0 saturated heterocycles. The first-order valence-electron chi connectivity index (χ1n) is 6.49. The van der Waals surface area contributed by atoms with Gasteiger partial charge in [0, 0.05) is 6.07 Å². The average molecular weight is 281 g/mol. The Hall–Kier alpha value is -1.43. The van der Waals surface area contributed by atoms with Crippen molar-refractivity contribution >= 4 is 23.1 Å². The summed E-state index contributed by atoms with van der Waals surface area (Å²) in [6.07, 6.45) is 3.59. The number of thiocarbonyl (C=S) groups is 1. The fourth-order valence-corrected chi connectivity index (χ4v) is 2.70. The molecule has 1 aromatic heterocycles. The summed E-state index contributed by atoms with van der Waals surface area (Å²) in [5.41, 5.74) is 5.54. The molecule has 19 heavy (non-hydrogen) atoms. The van der Waals surface area contributed by atoms with E-state index in [9.17, 15) is 4.79 Å². The van der Waals surface area contributed by atoms with Gasteiger partial charge in [-0.3, -0.25) is 4.79 Å². The first-order chi connectivity index (χ1) is 8.93. The average Bonchev–Trinajstić information content (AvgIpc) is 2.79. The summed E-state index contributed by atoms with van der Waals surface area (Å²) in [6.45, 7) is 3.95. The molecule has 1 aromatic rings. The van der Waals surface area contributed by atoms with Gasteiger partial charge in [-0.05, 0) is 38.5 Å². The number of rotatable bonds is 3. The van der Waals surface area contributed by atoms with Crippen molar-refractivity contribution in [1.29, 1.82) is 0 Å². The highest BCUT2D eigenvalue weighted by Gasteiger charge is 2.38. The van der Waals surface area contributed by atoms with Crippen molar-refractivity contribution in [1.82, 2.24) is 10.5 Å². The van der Waals surface area contributed by atoms with E-state index in [1.807, 2.05) is 0 Å². The molecule has 0 aliphatic heterocycles. The zero-order chi connectivity index (χ0) is 14.0. The van der Waals surface area contributed by atoms with Crippen molar-refractivity contribution in [3.05, 3.63) is 17.5 Å². The largest absolute Gasteiger partial charge is 0.391 e. The van der Waals surface area contributed by atoms with Crippen LogP contribution in [-0.2, 0) is 0 Å². The minimum atomic E-state index is -0.578. The van der Waals surface area contributed by atoms with E-state index in [0.29, 0.717) is 16.7 Å². The lowest BCUT2D eigenvalue weighted by Crippen LogP contribution is -2.58. The first-order valence-corrected chi connectivity index (χ1v) is 6.89. The van der Waals surface area contributed by atoms with E-state index >= 15 is 0 Å². The fraction of sp³-hybridized carbons (Fsp3) is 0.615. The van der Waals surface area contributed by atoms with Crippen LogP contribution in [0.4, 0.5) is 0 Å². The molecule has 0 bridgehead atoms. The van der Waals surface area contributed by atoms with Crippen molar-refractivity contribution in [3.8, 4) is 0 Å². The summed E-state index contributed by atoms with van der Waals surface area (Å²) >= 11 is 5.16. The normalized spacial score (nSPS) is 26.9. The quantitative estimate of drug-likeness (QED) is 0.828. The second-order valence-electron chi connectivity index (χ2n) is 5.41. The molecule has 5 nitrogen and oxygen atoms in total. The minimum absolute atomic E-state index is 0.270. The molecule has 6 heteroatoms. The van der Waals surface area contributed by atoms with Gasteiger partial charge in [0.1, 0.15) is 5.76 Å². The lowest BCUT2D eigenvalue weighted by atomic mass is 9.77. The topological polar surface area (TPSA) is 81.2 Å². The molecular formula is C13H19N3O2S. The van der Waals surface area contributed by atoms with Gasteiger partial charge < -0.3 is 15.6 Å². The zero-order valence-electron chi connectivity index (χ0n) is 11.2. The molecule has 0 aromatic carbocycles. The van der Waals surface area contributed by atoms with E-state index in [1.54, 1.807) is 13.0 Å². The molecule has 0 unspecified atom stereocenters. The van der Waals surface area contributed by atoms with E-state index in [4.69, 9.17) is 22.5 Å². The maximum atomic E-state index is 12.2. The first kappa shape index (κ1) is 14.0. The zero-order valence-corrected chi connectivity index (χ0v) is 12.0.